The van der Waals surface area contributed by atoms with Gasteiger partial charge < -0.3 is 20.5 Å². The minimum atomic E-state index is -1.37. The first kappa shape index (κ1) is 22.4. The summed E-state index contributed by atoms with van der Waals surface area (Å²) in [6.07, 6.45) is 2.28. The lowest BCUT2D eigenvalue weighted by molar-refractivity contribution is -0.308. The lowest BCUT2D eigenvalue weighted by Crippen LogP contribution is -2.49. The number of carboxylic acids is 1. The zero-order chi connectivity index (χ0) is 21.4. The van der Waals surface area contributed by atoms with Crippen molar-refractivity contribution in [3.63, 3.8) is 0 Å². The van der Waals surface area contributed by atoms with Crippen molar-refractivity contribution in [3.8, 4) is 0 Å². The number of carbonyl (C=O) groups is 3. The van der Waals surface area contributed by atoms with Crippen LogP contribution in [0.15, 0.2) is 58.7 Å². The van der Waals surface area contributed by atoms with Crippen LogP contribution in [0.3, 0.4) is 0 Å². The van der Waals surface area contributed by atoms with Gasteiger partial charge in [-0.1, -0.05) is 59.1 Å². The fraction of sp³-hybridized carbons (Fsp3) is 0.227. The number of benzene rings is 2. The Kier molecular flexibility index (Phi) is 8.15. The minimum absolute atomic E-state index is 0.0553. The molecule has 2 aromatic rings. The molecule has 2 amide bonds. The number of carboxylic acid groups (broad SMARTS) is 1. The number of amides is 2. The van der Waals surface area contributed by atoms with Crippen LogP contribution in [0.2, 0.25) is 0 Å². The Morgan fingerprint density at radius 1 is 1.07 bits per heavy atom. The quantitative estimate of drug-likeness (QED) is 0.595. The molecule has 7 heteroatoms. The Balaban J connectivity index is 2.30. The largest absolute Gasteiger partial charge is 0.548 e. The minimum Gasteiger partial charge on any atom is -0.548 e. The summed E-state index contributed by atoms with van der Waals surface area (Å²) in [6.45, 7) is 3.71. The molecule has 29 heavy (non-hydrogen) atoms. The van der Waals surface area contributed by atoms with Gasteiger partial charge in [-0.3, -0.25) is 9.59 Å². The van der Waals surface area contributed by atoms with Crippen molar-refractivity contribution < 1.29 is 19.5 Å². The molecule has 0 saturated carbocycles. The van der Waals surface area contributed by atoms with Crippen molar-refractivity contribution in [3.05, 3.63) is 75.4 Å². The number of halogens is 1. The standard InChI is InChI=1S/C22H23BrN2O4/c1-3-4-18(22(28)29)24-21(27)19(13-15-7-11-17(23)12-8-15)25-20(26)16-9-5-14(2)6-10-16/h5-13,18H,3-4H2,1-2H3,(H,24,27)(H,25,26)(H,28,29)/p-1/b19-13-/t18-/m1/s1. The number of carbonyl (C=O) groups excluding carboxylic acids is 3. The van der Waals surface area contributed by atoms with Crippen LogP contribution in [0.25, 0.3) is 6.08 Å². The molecule has 0 aliphatic heterocycles. The fourth-order valence-corrected chi connectivity index (χ4v) is 2.82. The maximum absolute atomic E-state index is 12.7. The van der Waals surface area contributed by atoms with Crippen LogP contribution in [0.5, 0.6) is 0 Å². The summed E-state index contributed by atoms with van der Waals surface area (Å²) in [6, 6.07) is 12.9. The lowest BCUT2D eigenvalue weighted by atomic mass is 10.1. The molecule has 2 aromatic carbocycles. The molecule has 0 saturated heterocycles. The summed E-state index contributed by atoms with van der Waals surface area (Å²) in [5, 5.41) is 16.3. The Hall–Kier alpha value is -2.93. The van der Waals surface area contributed by atoms with Crippen LogP contribution >= 0.6 is 15.9 Å². The SMILES string of the molecule is CCC[C@@H](NC(=O)/C(=C/c1ccc(Br)cc1)NC(=O)c1ccc(C)cc1)C(=O)[O-]. The second-order valence-corrected chi connectivity index (χ2v) is 7.48. The second-order valence-electron chi connectivity index (χ2n) is 6.56. The molecule has 2 rings (SSSR count). The normalized spacial score (nSPS) is 12.2. The molecule has 0 radical (unpaired) electrons. The molecule has 0 aliphatic rings. The summed E-state index contributed by atoms with van der Waals surface area (Å²) >= 11 is 3.34. The van der Waals surface area contributed by atoms with Gasteiger partial charge in [0.25, 0.3) is 11.8 Å². The van der Waals surface area contributed by atoms with Crippen LogP contribution in [0.1, 0.15) is 41.3 Å². The number of aliphatic carboxylic acids is 1. The van der Waals surface area contributed by atoms with Gasteiger partial charge in [-0.25, -0.2) is 0 Å². The maximum Gasteiger partial charge on any atom is 0.268 e. The van der Waals surface area contributed by atoms with Crippen LogP contribution in [0, 0.1) is 6.92 Å². The first-order valence-corrected chi connectivity index (χ1v) is 9.96. The molecule has 0 aliphatic carbocycles. The zero-order valence-electron chi connectivity index (χ0n) is 16.2. The van der Waals surface area contributed by atoms with Gasteiger partial charge in [-0.2, -0.15) is 0 Å². The van der Waals surface area contributed by atoms with E-state index < -0.39 is 23.8 Å². The van der Waals surface area contributed by atoms with Gasteiger partial charge in [0.2, 0.25) is 0 Å². The summed E-state index contributed by atoms with van der Waals surface area (Å²) in [5.74, 6) is -2.53. The maximum atomic E-state index is 12.7. The lowest BCUT2D eigenvalue weighted by Gasteiger charge is -2.20. The van der Waals surface area contributed by atoms with Crippen molar-refractivity contribution in [2.24, 2.45) is 0 Å². The highest BCUT2D eigenvalue weighted by atomic mass is 79.9. The molecule has 0 aromatic heterocycles. The van der Waals surface area contributed by atoms with Crippen LogP contribution in [0.4, 0.5) is 0 Å². The van der Waals surface area contributed by atoms with E-state index in [0.717, 1.165) is 10.0 Å². The fourth-order valence-electron chi connectivity index (χ4n) is 2.56. The Morgan fingerprint density at radius 3 is 2.24 bits per heavy atom. The first-order chi connectivity index (χ1) is 13.8. The van der Waals surface area contributed by atoms with Gasteiger partial charge in [0.15, 0.2) is 0 Å². The highest BCUT2D eigenvalue weighted by Gasteiger charge is 2.19. The van der Waals surface area contributed by atoms with Crippen LogP contribution in [-0.2, 0) is 9.59 Å². The molecule has 0 unspecified atom stereocenters. The van der Waals surface area contributed by atoms with E-state index >= 15 is 0 Å². The van der Waals surface area contributed by atoms with Crippen molar-refractivity contribution in [1.29, 1.82) is 0 Å². The molecule has 0 heterocycles. The van der Waals surface area contributed by atoms with Crippen molar-refractivity contribution in [1.82, 2.24) is 10.6 Å². The molecule has 0 bridgehead atoms. The van der Waals surface area contributed by atoms with Crippen LogP contribution < -0.4 is 15.7 Å². The topological polar surface area (TPSA) is 98.3 Å². The van der Waals surface area contributed by atoms with Crippen molar-refractivity contribution in [2.75, 3.05) is 0 Å². The van der Waals surface area contributed by atoms with E-state index in [1.807, 2.05) is 6.92 Å². The van der Waals surface area contributed by atoms with Crippen molar-refractivity contribution >= 4 is 39.8 Å². The van der Waals surface area contributed by atoms with Gasteiger partial charge in [-0.15, -0.1) is 0 Å². The first-order valence-electron chi connectivity index (χ1n) is 9.17. The van der Waals surface area contributed by atoms with E-state index in [9.17, 15) is 19.5 Å². The molecule has 0 fully saturated rings. The number of rotatable bonds is 8. The Morgan fingerprint density at radius 2 is 1.69 bits per heavy atom. The van der Waals surface area contributed by atoms with Crippen molar-refractivity contribution in [2.45, 2.75) is 32.7 Å². The zero-order valence-corrected chi connectivity index (χ0v) is 17.8. The number of hydrogen-bond acceptors (Lipinski definition) is 4. The molecule has 1 atom stereocenters. The molecular formula is C22H22BrN2O4-. The third kappa shape index (κ3) is 6.87. The Labute approximate surface area is 178 Å². The summed E-state index contributed by atoms with van der Waals surface area (Å²) < 4.78 is 0.865. The molecule has 152 valence electrons. The average molecular weight is 458 g/mol. The monoisotopic (exact) mass is 457 g/mol. The van der Waals surface area contributed by atoms with E-state index in [1.54, 1.807) is 55.5 Å². The van der Waals surface area contributed by atoms with Gasteiger partial charge in [-0.05, 0) is 49.2 Å². The van der Waals surface area contributed by atoms with E-state index in [2.05, 4.69) is 26.6 Å². The number of nitrogens with one attached hydrogen (secondary N) is 2. The van der Waals surface area contributed by atoms with E-state index in [-0.39, 0.29) is 12.1 Å². The predicted octanol–water partition coefficient (Wildman–Crippen LogP) is 2.56. The summed E-state index contributed by atoms with van der Waals surface area (Å²) in [5.41, 5.74) is 2.00. The van der Waals surface area contributed by atoms with E-state index in [4.69, 9.17) is 0 Å². The highest BCUT2D eigenvalue weighted by molar-refractivity contribution is 9.10. The molecule has 2 N–H and O–H groups in total. The van der Waals surface area contributed by atoms with Gasteiger partial charge in [0, 0.05) is 10.0 Å². The summed E-state index contributed by atoms with van der Waals surface area (Å²) in [4.78, 5) is 36.6. The van der Waals surface area contributed by atoms with E-state index in [1.165, 1.54) is 6.08 Å². The van der Waals surface area contributed by atoms with Gasteiger partial charge in [0.05, 0.1) is 12.0 Å². The molecule has 0 spiro atoms. The molecular weight excluding hydrogens is 436 g/mol. The Bertz CT molecular complexity index is 905. The predicted molar refractivity (Wildman–Crippen MR) is 113 cm³/mol. The smallest absolute Gasteiger partial charge is 0.268 e. The van der Waals surface area contributed by atoms with Gasteiger partial charge >= 0.3 is 0 Å². The van der Waals surface area contributed by atoms with Crippen LogP contribution in [-0.4, -0.2) is 23.8 Å². The third-order valence-corrected chi connectivity index (χ3v) is 4.68. The average Bonchev–Trinajstić information content (AvgIpc) is 2.69. The second kappa shape index (κ2) is 10.6. The number of aryl methyl sites for hydroxylation is 1. The van der Waals surface area contributed by atoms with Gasteiger partial charge in [0.1, 0.15) is 5.70 Å². The molecule has 6 nitrogen and oxygen atoms in total. The third-order valence-electron chi connectivity index (χ3n) is 4.15. The van der Waals surface area contributed by atoms with E-state index in [0.29, 0.717) is 17.5 Å². The number of hydrogen-bond donors (Lipinski definition) is 2. The summed E-state index contributed by atoms with van der Waals surface area (Å²) in [7, 11) is 0. The highest BCUT2D eigenvalue weighted by Crippen LogP contribution is 2.13.